The molecule has 0 radical (unpaired) electrons. The smallest absolute Gasteiger partial charge is 0.223 e. The van der Waals surface area contributed by atoms with Crippen LogP contribution >= 0.6 is 0 Å². The summed E-state index contributed by atoms with van der Waals surface area (Å²) in [6.45, 7) is 3.73. The van der Waals surface area contributed by atoms with E-state index in [1.807, 2.05) is 53.4 Å². The van der Waals surface area contributed by atoms with E-state index in [2.05, 4.69) is 28.1 Å². The molecule has 1 atom stereocenters. The molecule has 2 aromatic carbocycles. The second-order valence-corrected chi connectivity index (χ2v) is 9.00. The average Bonchev–Trinajstić information content (AvgIpc) is 3.08. The van der Waals surface area contributed by atoms with Gasteiger partial charge in [0.2, 0.25) is 5.91 Å². The SMILES string of the molecule is O=C(CCN1Cc2ccccc2O[C@H](c2ccccc2)C1)N1CCC(Oc2cccnc2)CC1. The van der Waals surface area contributed by atoms with E-state index in [0.717, 1.165) is 56.1 Å². The van der Waals surface area contributed by atoms with Crippen molar-refractivity contribution in [2.24, 2.45) is 0 Å². The van der Waals surface area contributed by atoms with E-state index in [1.54, 1.807) is 12.4 Å². The summed E-state index contributed by atoms with van der Waals surface area (Å²) < 4.78 is 12.4. The van der Waals surface area contributed by atoms with Crippen LogP contribution in [0.4, 0.5) is 0 Å². The van der Waals surface area contributed by atoms with Gasteiger partial charge in [-0.1, -0.05) is 48.5 Å². The Kier molecular flexibility index (Phi) is 7.05. The molecule has 3 aromatic rings. The molecule has 34 heavy (non-hydrogen) atoms. The molecule has 176 valence electrons. The molecule has 2 aliphatic heterocycles. The van der Waals surface area contributed by atoms with Gasteiger partial charge in [0.1, 0.15) is 23.7 Å². The molecule has 0 bridgehead atoms. The maximum Gasteiger partial charge on any atom is 0.223 e. The first-order valence-electron chi connectivity index (χ1n) is 12.1. The van der Waals surface area contributed by atoms with Crippen molar-refractivity contribution < 1.29 is 14.3 Å². The van der Waals surface area contributed by atoms with Crippen molar-refractivity contribution in [1.29, 1.82) is 0 Å². The highest BCUT2D eigenvalue weighted by Gasteiger charge is 2.27. The molecule has 1 aromatic heterocycles. The summed E-state index contributed by atoms with van der Waals surface area (Å²) in [5.74, 6) is 1.94. The van der Waals surface area contributed by atoms with E-state index in [0.29, 0.717) is 13.0 Å². The number of benzene rings is 2. The van der Waals surface area contributed by atoms with Crippen LogP contribution in [-0.4, -0.2) is 53.0 Å². The maximum atomic E-state index is 13.0. The zero-order chi connectivity index (χ0) is 23.2. The molecular weight excluding hydrogens is 426 g/mol. The van der Waals surface area contributed by atoms with Crippen molar-refractivity contribution in [2.45, 2.75) is 38.0 Å². The molecule has 1 amide bonds. The van der Waals surface area contributed by atoms with Crippen LogP contribution < -0.4 is 9.47 Å². The molecule has 3 heterocycles. The Morgan fingerprint density at radius 1 is 1.00 bits per heavy atom. The fraction of sp³-hybridized carbons (Fsp3) is 0.357. The lowest BCUT2D eigenvalue weighted by Crippen LogP contribution is -2.43. The highest BCUT2D eigenvalue weighted by molar-refractivity contribution is 5.76. The number of piperidine rings is 1. The number of para-hydroxylation sites is 1. The van der Waals surface area contributed by atoms with E-state index in [4.69, 9.17) is 9.47 Å². The number of ether oxygens (including phenoxy) is 2. The minimum absolute atomic E-state index is 0.0553. The summed E-state index contributed by atoms with van der Waals surface area (Å²) in [7, 11) is 0. The van der Waals surface area contributed by atoms with Crippen molar-refractivity contribution in [1.82, 2.24) is 14.8 Å². The molecule has 5 rings (SSSR count). The number of hydrogen-bond donors (Lipinski definition) is 0. The zero-order valence-electron chi connectivity index (χ0n) is 19.4. The van der Waals surface area contributed by atoms with Crippen LogP contribution in [0.15, 0.2) is 79.1 Å². The molecule has 6 nitrogen and oxygen atoms in total. The quantitative estimate of drug-likeness (QED) is 0.546. The Bertz CT molecular complexity index is 1070. The van der Waals surface area contributed by atoms with Crippen molar-refractivity contribution in [3.8, 4) is 11.5 Å². The van der Waals surface area contributed by atoms with Crippen molar-refractivity contribution in [2.75, 3.05) is 26.2 Å². The van der Waals surface area contributed by atoms with Gasteiger partial charge in [0.05, 0.1) is 6.20 Å². The maximum absolute atomic E-state index is 13.0. The lowest BCUT2D eigenvalue weighted by molar-refractivity contribution is -0.133. The standard InChI is InChI=1S/C28H31N3O3/c32-28(31-17-12-24(13-18-31)33-25-10-6-15-29-19-25)14-16-30-20-23-9-4-5-11-26(23)34-27(21-30)22-7-2-1-3-8-22/h1-11,15,19,24,27H,12-14,16-18,20-21H2/t27-/m0/s1. The molecule has 0 unspecified atom stereocenters. The summed E-state index contributed by atoms with van der Waals surface area (Å²) in [6.07, 6.45) is 5.77. The fourth-order valence-electron chi connectivity index (χ4n) is 4.74. The van der Waals surface area contributed by atoms with Crippen LogP contribution in [0.2, 0.25) is 0 Å². The number of pyridine rings is 1. The molecule has 0 aliphatic carbocycles. The van der Waals surface area contributed by atoms with Crippen LogP contribution in [0.3, 0.4) is 0 Å². The average molecular weight is 458 g/mol. The Morgan fingerprint density at radius 3 is 2.59 bits per heavy atom. The topological polar surface area (TPSA) is 54.9 Å². The zero-order valence-corrected chi connectivity index (χ0v) is 19.4. The molecular formula is C28H31N3O3. The Hall–Kier alpha value is -3.38. The molecule has 0 spiro atoms. The first kappa shape index (κ1) is 22.4. The lowest BCUT2D eigenvalue weighted by atomic mass is 10.1. The lowest BCUT2D eigenvalue weighted by Gasteiger charge is -2.33. The predicted octanol–water partition coefficient (Wildman–Crippen LogP) is 4.48. The first-order chi connectivity index (χ1) is 16.7. The van der Waals surface area contributed by atoms with Crippen LogP contribution in [0, 0.1) is 0 Å². The van der Waals surface area contributed by atoms with Gasteiger partial charge < -0.3 is 14.4 Å². The van der Waals surface area contributed by atoms with Gasteiger partial charge in [0.15, 0.2) is 0 Å². The number of carbonyl (C=O) groups is 1. The van der Waals surface area contributed by atoms with E-state index < -0.39 is 0 Å². The minimum atomic E-state index is -0.0553. The molecule has 0 saturated carbocycles. The van der Waals surface area contributed by atoms with E-state index in [9.17, 15) is 4.79 Å². The van der Waals surface area contributed by atoms with Crippen molar-refractivity contribution in [3.63, 3.8) is 0 Å². The highest BCUT2D eigenvalue weighted by atomic mass is 16.5. The summed E-state index contributed by atoms with van der Waals surface area (Å²) in [6, 6.07) is 22.4. The number of hydrogen-bond acceptors (Lipinski definition) is 5. The van der Waals surface area contributed by atoms with Crippen LogP contribution in [0.25, 0.3) is 0 Å². The Balaban J connectivity index is 1.17. The summed E-state index contributed by atoms with van der Waals surface area (Å²) in [4.78, 5) is 21.4. The van der Waals surface area contributed by atoms with Crippen molar-refractivity contribution in [3.05, 3.63) is 90.3 Å². The Labute approximate surface area is 201 Å². The van der Waals surface area contributed by atoms with E-state index >= 15 is 0 Å². The minimum Gasteiger partial charge on any atom is -0.489 e. The largest absolute Gasteiger partial charge is 0.489 e. The third-order valence-electron chi connectivity index (χ3n) is 6.60. The highest BCUT2D eigenvalue weighted by Crippen LogP contribution is 2.31. The van der Waals surface area contributed by atoms with Gasteiger partial charge in [-0.05, 0) is 23.8 Å². The Morgan fingerprint density at radius 2 is 1.79 bits per heavy atom. The van der Waals surface area contributed by atoms with Gasteiger partial charge >= 0.3 is 0 Å². The van der Waals surface area contributed by atoms with Gasteiger partial charge in [-0.25, -0.2) is 0 Å². The second-order valence-electron chi connectivity index (χ2n) is 9.00. The van der Waals surface area contributed by atoms with Gasteiger partial charge in [0.25, 0.3) is 0 Å². The number of carbonyl (C=O) groups excluding carboxylic acids is 1. The molecule has 1 saturated heterocycles. The third-order valence-corrected chi connectivity index (χ3v) is 6.60. The van der Waals surface area contributed by atoms with E-state index in [-0.39, 0.29) is 18.1 Å². The third kappa shape index (κ3) is 5.57. The van der Waals surface area contributed by atoms with Crippen LogP contribution in [-0.2, 0) is 11.3 Å². The molecule has 1 fully saturated rings. The summed E-state index contributed by atoms with van der Waals surface area (Å²) in [5, 5.41) is 0. The second kappa shape index (κ2) is 10.7. The van der Waals surface area contributed by atoms with Crippen molar-refractivity contribution >= 4 is 5.91 Å². The molecule has 0 N–H and O–H groups in total. The molecule has 6 heteroatoms. The predicted molar refractivity (Wildman–Crippen MR) is 131 cm³/mol. The summed E-state index contributed by atoms with van der Waals surface area (Å²) >= 11 is 0. The monoisotopic (exact) mass is 457 g/mol. The summed E-state index contributed by atoms with van der Waals surface area (Å²) in [5.41, 5.74) is 2.33. The number of amides is 1. The number of aromatic nitrogens is 1. The van der Waals surface area contributed by atoms with Gasteiger partial charge in [-0.15, -0.1) is 0 Å². The number of fused-ring (bicyclic) bond motifs is 1. The van der Waals surface area contributed by atoms with E-state index in [1.165, 1.54) is 5.56 Å². The number of nitrogens with zero attached hydrogens (tertiary/aromatic N) is 3. The van der Waals surface area contributed by atoms with Gasteiger partial charge in [0, 0.05) is 63.7 Å². The molecule has 2 aliphatic rings. The normalized spacial score (nSPS) is 19.1. The number of rotatable bonds is 6. The first-order valence-corrected chi connectivity index (χ1v) is 12.1. The van der Waals surface area contributed by atoms with Gasteiger partial charge in [-0.3, -0.25) is 14.7 Å². The van der Waals surface area contributed by atoms with Crippen LogP contribution in [0.1, 0.15) is 36.5 Å². The number of likely N-dealkylation sites (tertiary alicyclic amines) is 1. The fourth-order valence-corrected chi connectivity index (χ4v) is 4.74. The van der Waals surface area contributed by atoms with Crippen LogP contribution in [0.5, 0.6) is 11.5 Å². The van der Waals surface area contributed by atoms with Gasteiger partial charge in [-0.2, -0.15) is 0 Å².